The molecule has 0 aliphatic heterocycles. The quantitative estimate of drug-likeness (QED) is 0.204. The van der Waals surface area contributed by atoms with E-state index >= 15 is 0 Å². The molecule has 0 radical (unpaired) electrons. The standard InChI is InChI=1S/C28H24Cl2N2O3/c1-19-10-12-21-8-5-9-25(28(21)32-19)35-18-22-23(29)13-14-24(27(22)30)34-17-16-31-26(33)15-11-20-6-3-2-4-7-20/h2-15H,16-18H2,1H3,(H,31,33). The average Bonchev–Trinajstić information content (AvgIpc) is 2.87. The molecule has 1 heterocycles. The fraction of sp³-hybridized carbons (Fsp3) is 0.143. The summed E-state index contributed by atoms with van der Waals surface area (Å²) in [5.74, 6) is 0.916. The lowest BCUT2D eigenvalue weighted by atomic mass is 10.2. The second-order valence-electron chi connectivity index (χ2n) is 7.79. The lowest BCUT2D eigenvalue weighted by molar-refractivity contribution is -0.116. The van der Waals surface area contributed by atoms with Crippen molar-refractivity contribution in [3.05, 3.63) is 106 Å². The highest BCUT2D eigenvalue weighted by Crippen LogP contribution is 2.35. The van der Waals surface area contributed by atoms with Gasteiger partial charge in [-0.1, -0.05) is 71.7 Å². The van der Waals surface area contributed by atoms with E-state index in [9.17, 15) is 4.79 Å². The molecule has 178 valence electrons. The molecule has 1 N–H and O–H groups in total. The number of aryl methyl sites for hydroxylation is 1. The first-order valence-electron chi connectivity index (χ1n) is 11.1. The van der Waals surface area contributed by atoms with E-state index in [1.54, 1.807) is 18.2 Å². The minimum Gasteiger partial charge on any atom is -0.490 e. The molecule has 0 unspecified atom stereocenters. The molecule has 0 aliphatic carbocycles. The second kappa shape index (κ2) is 11.7. The van der Waals surface area contributed by atoms with Crippen LogP contribution in [0, 0.1) is 6.92 Å². The zero-order chi connectivity index (χ0) is 24.6. The predicted molar refractivity (Wildman–Crippen MR) is 141 cm³/mol. The van der Waals surface area contributed by atoms with Gasteiger partial charge in [0.25, 0.3) is 0 Å². The summed E-state index contributed by atoms with van der Waals surface area (Å²) in [7, 11) is 0. The van der Waals surface area contributed by atoms with E-state index in [1.165, 1.54) is 6.08 Å². The molecular formula is C28H24Cl2N2O3. The Morgan fingerprint density at radius 2 is 1.77 bits per heavy atom. The van der Waals surface area contributed by atoms with Gasteiger partial charge >= 0.3 is 0 Å². The summed E-state index contributed by atoms with van der Waals surface area (Å²) in [5.41, 5.74) is 3.26. The van der Waals surface area contributed by atoms with E-state index < -0.39 is 0 Å². The van der Waals surface area contributed by atoms with Gasteiger partial charge in [-0.15, -0.1) is 0 Å². The number of carbonyl (C=O) groups excluding carboxylic acids is 1. The van der Waals surface area contributed by atoms with Crippen LogP contribution in [0.3, 0.4) is 0 Å². The maximum Gasteiger partial charge on any atom is 0.244 e. The van der Waals surface area contributed by atoms with Gasteiger partial charge in [0.1, 0.15) is 30.2 Å². The SMILES string of the molecule is Cc1ccc2cccc(OCc3c(Cl)ccc(OCCNC(=O)C=Cc4ccccc4)c3Cl)c2n1. The zero-order valence-corrected chi connectivity index (χ0v) is 20.6. The van der Waals surface area contributed by atoms with Crippen molar-refractivity contribution in [2.24, 2.45) is 0 Å². The van der Waals surface area contributed by atoms with Gasteiger partial charge in [-0.25, -0.2) is 4.98 Å². The smallest absolute Gasteiger partial charge is 0.244 e. The minimum absolute atomic E-state index is 0.157. The molecule has 0 atom stereocenters. The molecule has 35 heavy (non-hydrogen) atoms. The van der Waals surface area contributed by atoms with Crippen LogP contribution in [0.1, 0.15) is 16.8 Å². The van der Waals surface area contributed by atoms with Crippen molar-refractivity contribution in [1.29, 1.82) is 0 Å². The van der Waals surface area contributed by atoms with E-state index in [0.29, 0.717) is 33.7 Å². The number of amides is 1. The minimum atomic E-state index is -0.201. The van der Waals surface area contributed by atoms with Gasteiger partial charge < -0.3 is 14.8 Å². The molecule has 5 nitrogen and oxygen atoms in total. The molecule has 0 fully saturated rings. The molecule has 0 aliphatic rings. The molecule has 1 aromatic heterocycles. The van der Waals surface area contributed by atoms with Gasteiger partial charge in [-0.3, -0.25) is 4.79 Å². The van der Waals surface area contributed by atoms with Crippen LogP contribution in [0.4, 0.5) is 0 Å². The van der Waals surface area contributed by atoms with Crippen molar-refractivity contribution < 1.29 is 14.3 Å². The van der Waals surface area contributed by atoms with Crippen molar-refractivity contribution >= 4 is 46.1 Å². The van der Waals surface area contributed by atoms with Crippen LogP contribution in [-0.4, -0.2) is 24.0 Å². The van der Waals surface area contributed by atoms with Crippen LogP contribution >= 0.6 is 23.2 Å². The summed E-state index contributed by atoms with van der Waals surface area (Å²) >= 11 is 13.0. The summed E-state index contributed by atoms with van der Waals surface area (Å²) in [6.07, 6.45) is 3.25. The van der Waals surface area contributed by atoms with Crippen molar-refractivity contribution in [2.75, 3.05) is 13.2 Å². The third-order valence-electron chi connectivity index (χ3n) is 5.23. The van der Waals surface area contributed by atoms with Crippen molar-refractivity contribution in [3.63, 3.8) is 0 Å². The summed E-state index contributed by atoms with van der Waals surface area (Å²) in [6.45, 7) is 2.67. The number of nitrogens with one attached hydrogen (secondary N) is 1. The Labute approximate surface area is 214 Å². The van der Waals surface area contributed by atoms with Gasteiger partial charge in [0, 0.05) is 27.7 Å². The fourth-order valence-electron chi connectivity index (χ4n) is 3.43. The van der Waals surface area contributed by atoms with E-state index in [-0.39, 0.29) is 19.1 Å². The Morgan fingerprint density at radius 1 is 0.943 bits per heavy atom. The number of pyridine rings is 1. The predicted octanol–water partition coefficient (Wildman–Crippen LogP) is 6.64. The Morgan fingerprint density at radius 3 is 2.60 bits per heavy atom. The van der Waals surface area contributed by atoms with Gasteiger partial charge in [0.2, 0.25) is 5.91 Å². The van der Waals surface area contributed by atoms with Crippen molar-refractivity contribution in [1.82, 2.24) is 10.3 Å². The molecule has 7 heteroatoms. The summed E-state index contributed by atoms with van der Waals surface area (Å²) in [6, 6.07) is 22.8. The topological polar surface area (TPSA) is 60.5 Å². The largest absolute Gasteiger partial charge is 0.490 e. The Balaban J connectivity index is 1.35. The first-order chi connectivity index (χ1) is 17.0. The average molecular weight is 507 g/mol. The second-order valence-corrected chi connectivity index (χ2v) is 8.58. The number of hydrogen-bond donors (Lipinski definition) is 1. The maximum atomic E-state index is 12.0. The number of ether oxygens (including phenoxy) is 2. The third kappa shape index (κ3) is 6.53. The van der Waals surface area contributed by atoms with Crippen LogP contribution in [0.15, 0.2) is 78.9 Å². The monoisotopic (exact) mass is 506 g/mol. The maximum absolute atomic E-state index is 12.0. The Hall–Kier alpha value is -3.54. The third-order valence-corrected chi connectivity index (χ3v) is 6.00. The van der Waals surface area contributed by atoms with Gasteiger partial charge in [-0.2, -0.15) is 0 Å². The van der Waals surface area contributed by atoms with Gasteiger partial charge in [0.15, 0.2) is 0 Å². The lowest BCUT2D eigenvalue weighted by Crippen LogP contribution is -2.26. The first kappa shape index (κ1) is 24.6. The van der Waals surface area contributed by atoms with Crippen molar-refractivity contribution in [2.45, 2.75) is 13.5 Å². The first-order valence-corrected chi connectivity index (χ1v) is 11.9. The zero-order valence-electron chi connectivity index (χ0n) is 19.1. The van der Waals surface area contributed by atoms with Crippen LogP contribution in [0.2, 0.25) is 10.0 Å². The molecule has 0 bridgehead atoms. The van der Waals surface area contributed by atoms with E-state index in [4.69, 9.17) is 32.7 Å². The van der Waals surface area contributed by atoms with Gasteiger partial charge in [0.05, 0.1) is 11.6 Å². The van der Waals surface area contributed by atoms with Crippen LogP contribution in [0.5, 0.6) is 11.5 Å². The lowest BCUT2D eigenvalue weighted by Gasteiger charge is -2.15. The summed E-state index contributed by atoms with van der Waals surface area (Å²) in [4.78, 5) is 16.6. The highest BCUT2D eigenvalue weighted by atomic mass is 35.5. The number of hydrogen-bond acceptors (Lipinski definition) is 4. The highest BCUT2D eigenvalue weighted by Gasteiger charge is 2.14. The van der Waals surface area contributed by atoms with E-state index in [0.717, 1.165) is 22.2 Å². The number of carbonyl (C=O) groups is 1. The van der Waals surface area contributed by atoms with E-state index in [1.807, 2.05) is 67.6 Å². The molecule has 1 amide bonds. The molecule has 4 rings (SSSR count). The molecule has 3 aromatic carbocycles. The number of nitrogens with zero attached hydrogens (tertiary/aromatic N) is 1. The molecule has 0 saturated carbocycles. The summed E-state index contributed by atoms with van der Waals surface area (Å²) in [5, 5.41) is 4.62. The number of para-hydroxylation sites is 1. The number of halogens is 2. The Kier molecular flexibility index (Phi) is 8.24. The molecule has 4 aromatic rings. The molecule has 0 spiro atoms. The van der Waals surface area contributed by atoms with Crippen molar-refractivity contribution in [3.8, 4) is 11.5 Å². The number of fused-ring (bicyclic) bond motifs is 1. The van der Waals surface area contributed by atoms with Crippen LogP contribution in [0.25, 0.3) is 17.0 Å². The normalized spacial score (nSPS) is 11.1. The molecule has 0 saturated heterocycles. The van der Waals surface area contributed by atoms with E-state index in [2.05, 4.69) is 10.3 Å². The van der Waals surface area contributed by atoms with Crippen LogP contribution < -0.4 is 14.8 Å². The Bertz CT molecular complexity index is 1360. The molecular weight excluding hydrogens is 483 g/mol. The van der Waals surface area contributed by atoms with Crippen LogP contribution in [-0.2, 0) is 11.4 Å². The summed E-state index contributed by atoms with van der Waals surface area (Å²) < 4.78 is 11.8. The van der Waals surface area contributed by atoms with Gasteiger partial charge in [-0.05, 0) is 42.8 Å². The number of benzene rings is 3. The number of aromatic nitrogens is 1. The number of rotatable bonds is 9. The fourth-order valence-corrected chi connectivity index (χ4v) is 3.97. The highest BCUT2D eigenvalue weighted by molar-refractivity contribution is 6.36.